The highest BCUT2D eigenvalue weighted by Crippen LogP contribution is 2.31. The molecular formula is C16H22F3N. The summed E-state index contributed by atoms with van der Waals surface area (Å²) >= 11 is 0. The number of halogens is 3. The van der Waals surface area contributed by atoms with Gasteiger partial charge in [-0.3, -0.25) is 0 Å². The van der Waals surface area contributed by atoms with Crippen molar-refractivity contribution in [1.82, 2.24) is 0 Å². The van der Waals surface area contributed by atoms with E-state index in [9.17, 15) is 13.2 Å². The maximum absolute atomic E-state index is 12.6. The zero-order valence-corrected chi connectivity index (χ0v) is 11.6. The van der Waals surface area contributed by atoms with Crippen molar-refractivity contribution >= 4 is 0 Å². The first kappa shape index (κ1) is 15.4. The van der Waals surface area contributed by atoms with Crippen molar-refractivity contribution in [3.05, 3.63) is 35.4 Å². The Kier molecular flexibility index (Phi) is 5.08. The number of rotatable bonds is 5. The molecule has 20 heavy (non-hydrogen) atoms. The maximum Gasteiger partial charge on any atom is 0.416 e. The molecule has 1 unspecified atom stereocenters. The molecule has 1 aliphatic carbocycles. The van der Waals surface area contributed by atoms with Crippen LogP contribution in [0.4, 0.5) is 13.2 Å². The van der Waals surface area contributed by atoms with Crippen LogP contribution in [0.3, 0.4) is 0 Å². The summed E-state index contributed by atoms with van der Waals surface area (Å²) in [6.45, 7) is 0. The van der Waals surface area contributed by atoms with Crippen LogP contribution in [-0.4, -0.2) is 6.04 Å². The van der Waals surface area contributed by atoms with Crippen LogP contribution in [0.2, 0.25) is 0 Å². The van der Waals surface area contributed by atoms with Gasteiger partial charge < -0.3 is 5.73 Å². The summed E-state index contributed by atoms with van der Waals surface area (Å²) in [5, 5.41) is 0. The Bertz CT molecular complexity index is 422. The largest absolute Gasteiger partial charge is 0.416 e. The fraction of sp³-hybridized carbons (Fsp3) is 0.625. The monoisotopic (exact) mass is 285 g/mol. The first-order valence-electron chi connectivity index (χ1n) is 7.37. The number of alkyl halides is 3. The van der Waals surface area contributed by atoms with Gasteiger partial charge in [0.15, 0.2) is 0 Å². The molecule has 0 saturated heterocycles. The van der Waals surface area contributed by atoms with Crippen molar-refractivity contribution in [2.24, 2.45) is 11.7 Å². The second-order valence-corrected chi connectivity index (χ2v) is 5.89. The Morgan fingerprint density at radius 2 is 1.90 bits per heavy atom. The third kappa shape index (κ3) is 4.51. The molecule has 1 nitrogen and oxygen atoms in total. The molecule has 1 fully saturated rings. The Morgan fingerprint density at radius 3 is 2.55 bits per heavy atom. The summed E-state index contributed by atoms with van der Waals surface area (Å²) in [6, 6.07) is 5.47. The van der Waals surface area contributed by atoms with Crippen LogP contribution in [0.25, 0.3) is 0 Å². The Hall–Kier alpha value is -1.03. The summed E-state index contributed by atoms with van der Waals surface area (Å²) < 4.78 is 37.9. The van der Waals surface area contributed by atoms with Crippen LogP contribution < -0.4 is 5.73 Å². The van der Waals surface area contributed by atoms with E-state index in [1.807, 2.05) is 0 Å². The van der Waals surface area contributed by atoms with Gasteiger partial charge in [-0.15, -0.1) is 0 Å². The topological polar surface area (TPSA) is 26.0 Å². The van der Waals surface area contributed by atoms with E-state index in [-0.39, 0.29) is 6.04 Å². The van der Waals surface area contributed by atoms with Crippen molar-refractivity contribution in [3.8, 4) is 0 Å². The van der Waals surface area contributed by atoms with Crippen LogP contribution >= 0.6 is 0 Å². The van der Waals surface area contributed by atoms with Crippen LogP contribution in [0.5, 0.6) is 0 Å². The van der Waals surface area contributed by atoms with Gasteiger partial charge in [-0.25, -0.2) is 0 Å². The normalized spacial score (nSPS) is 18.4. The standard InChI is InChI=1S/C16H22F3N/c17-16(18,19)14-7-3-6-13(10-14)11-15(20)9-8-12-4-1-2-5-12/h3,6-7,10,12,15H,1-2,4-5,8-9,11,20H2. The molecular weight excluding hydrogens is 263 g/mol. The van der Waals surface area contributed by atoms with Crippen LogP contribution in [-0.2, 0) is 12.6 Å². The highest BCUT2D eigenvalue weighted by Gasteiger charge is 2.30. The van der Waals surface area contributed by atoms with Gasteiger partial charge in [0.1, 0.15) is 0 Å². The summed E-state index contributed by atoms with van der Waals surface area (Å²) in [4.78, 5) is 0. The molecule has 1 aromatic carbocycles. The number of benzene rings is 1. The van der Waals surface area contributed by atoms with Gasteiger partial charge in [0.2, 0.25) is 0 Å². The molecule has 112 valence electrons. The molecule has 0 spiro atoms. The van der Waals surface area contributed by atoms with Gasteiger partial charge >= 0.3 is 6.18 Å². The predicted octanol–water partition coefficient (Wildman–Crippen LogP) is 4.55. The summed E-state index contributed by atoms with van der Waals surface area (Å²) in [7, 11) is 0. The third-order valence-corrected chi connectivity index (χ3v) is 4.17. The minimum atomic E-state index is -4.27. The van der Waals surface area contributed by atoms with Gasteiger partial charge in [0, 0.05) is 6.04 Å². The third-order valence-electron chi connectivity index (χ3n) is 4.17. The van der Waals surface area contributed by atoms with Crippen LogP contribution in [0.15, 0.2) is 24.3 Å². The van der Waals surface area contributed by atoms with E-state index in [1.165, 1.54) is 37.8 Å². The van der Waals surface area contributed by atoms with Crippen molar-refractivity contribution in [3.63, 3.8) is 0 Å². The molecule has 0 aliphatic heterocycles. The molecule has 4 heteroatoms. The highest BCUT2D eigenvalue weighted by molar-refractivity contribution is 5.26. The summed E-state index contributed by atoms with van der Waals surface area (Å²) in [5.41, 5.74) is 6.16. The molecule has 1 saturated carbocycles. The van der Waals surface area contributed by atoms with Crippen molar-refractivity contribution in [2.75, 3.05) is 0 Å². The zero-order chi connectivity index (χ0) is 14.6. The first-order valence-corrected chi connectivity index (χ1v) is 7.37. The molecule has 0 amide bonds. The SMILES string of the molecule is NC(CCC1CCCC1)Cc1cccc(C(F)(F)F)c1. The van der Waals surface area contributed by atoms with Gasteiger partial charge in [-0.2, -0.15) is 13.2 Å². The molecule has 0 aromatic heterocycles. The second kappa shape index (κ2) is 6.61. The molecule has 1 atom stereocenters. The van der Waals surface area contributed by atoms with Crippen LogP contribution in [0.1, 0.15) is 49.7 Å². The average Bonchev–Trinajstić information content (AvgIpc) is 2.89. The zero-order valence-electron chi connectivity index (χ0n) is 11.6. The second-order valence-electron chi connectivity index (χ2n) is 5.89. The number of hydrogen-bond acceptors (Lipinski definition) is 1. The number of nitrogens with two attached hydrogens (primary N) is 1. The fourth-order valence-electron chi connectivity index (χ4n) is 3.03. The van der Waals surface area contributed by atoms with E-state index in [4.69, 9.17) is 5.73 Å². The average molecular weight is 285 g/mol. The van der Waals surface area contributed by atoms with E-state index in [0.717, 1.165) is 24.8 Å². The molecule has 1 aliphatic rings. The minimum Gasteiger partial charge on any atom is -0.327 e. The Balaban J connectivity index is 1.85. The minimum absolute atomic E-state index is 0.0425. The summed E-state index contributed by atoms with van der Waals surface area (Å²) in [5.74, 6) is 0.780. The lowest BCUT2D eigenvalue weighted by Gasteiger charge is -2.15. The highest BCUT2D eigenvalue weighted by atomic mass is 19.4. The van der Waals surface area contributed by atoms with E-state index in [2.05, 4.69) is 0 Å². The van der Waals surface area contributed by atoms with Crippen molar-refractivity contribution in [1.29, 1.82) is 0 Å². The number of hydrogen-bond donors (Lipinski definition) is 1. The van der Waals surface area contributed by atoms with E-state index < -0.39 is 11.7 Å². The molecule has 0 heterocycles. The Labute approximate surface area is 118 Å². The smallest absolute Gasteiger partial charge is 0.327 e. The maximum atomic E-state index is 12.6. The van der Waals surface area contributed by atoms with Crippen LogP contribution in [0, 0.1) is 5.92 Å². The Morgan fingerprint density at radius 1 is 1.20 bits per heavy atom. The van der Waals surface area contributed by atoms with Gasteiger partial charge in [0.25, 0.3) is 0 Å². The van der Waals surface area contributed by atoms with E-state index >= 15 is 0 Å². The lowest BCUT2D eigenvalue weighted by Crippen LogP contribution is -2.23. The van der Waals surface area contributed by atoms with E-state index in [1.54, 1.807) is 6.07 Å². The lowest BCUT2D eigenvalue weighted by molar-refractivity contribution is -0.137. The van der Waals surface area contributed by atoms with Crippen molar-refractivity contribution in [2.45, 2.75) is 57.2 Å². The fourth-order valence-corrected chi connectivity index (χ4v) is 3.03. The lowest BCUT2D eigenvalue weighted by atomic mass is 9.95. The van der Waals surface area contributed by atoms with Crippen molar-refractivity contribution < 1.29 is 13.2 Å². The van der Waals surface area contributed by atoms with Gasteiger partial charge in [-0.05, 0) is 36.8 Å². The quantitative estimate of drug-likeness (QED) is 0.844. The molecule has 0 radical (unpaired) electrons. The summed E-state index contributed by atoms with van der Waals surface area (Å²) in [6.07, 6.45) is 3.47. The molecule has 1 aromatic rings. The van der Waals surface area contributed by atoms with Gasteiger partial charge in [-0.1, -0.05) is 43.9 Å². The first-order chi connectivity index (χ1) is 9.45. The molecule has 2 rings (SSSR count). The molecule has 0 bridgehead atoms. The van der Waals surface area contributed by atoms with Gasteiger partial charge in [0.05, 0.1) is 5.56 Å². The predicted molar refractivity (Wildman–Crippen MR) is 74.3 cm³/mol. The van der Waals surface area contributed by atoms with E-state index in [0.29, 0.717) is 12.0 Å². The molecule has 2 N–H and O–H groups in total.